The second-order valence-electron chi connectivity index (χ2n) is 3.62. The number of aliphatic imine (C=N–C) groups is 1. The van der Waals surface area contributed by atoms with Crippen LogP contribution in [0.4, 0.5) is 0 Å². The predicted molar refractivity (Wildman–Crippen MR) is 71.0 cm³/mol. The van der Waals surface area contributed by atoms with E-state index in [0.717, 1.165) is 10.6 Å². The second-order valence-corrected chi connectivity index (χ2v) is 4.51. The van der Waals surface area contributed by atoms with E-state index < -0.39 is 16.2 Å². The third-order valence-corrected chi connectivity index (χ3v) is 3.35. The van der Waals surface area contributed by atoms with E-state index in [1.54, 1.807) is 6.21 Å². The number of rotatable bonds is 1. The zero-order valence-corrected chi connectivity index (χ0v) is 10.5. The van der Waals surface area contributed by atoms with Crippen LogP contribution in [0.25, 0.3) is 0 Å². The lowest BCUT2D eigenvalue weighted by Crippen LogP contribution is -2.37. The van der Waals surface area contributed by atoms with E-state index in [-0.39, 0.29) is 10.9 Å². The van der Waals surface area contributed by atoms with E-state index in [9.17, 15) is 8.42 Å². The van der Waals surface area contributed by atoms with Gasteiger partial charge in [-0.3, -0.25) is 4.99 Å². The lowest BCUT2D eigenvalue weighted by Gasteiger charge is -2.14. The Bertz CT molecular complexity index is 626. The van der Waals surface area contributed by atoms with Crippen molar-refractivity contribution in [3.05, 3.63) is 35.9 Å². The first-order valence-electron chi connectivity index (χ1n) is 5.22. The van der Waals surface area contributed by atoms with Gasteiger partial charge in [-0.2, -0.15) is 18.5 Å². The molecule has 0 aromatic heterocycles. The minimum atomic E-state index is -2.42. The van der Waals surface area contributed by atoms with Crippen molar-refractivity contribution in [2.75, 3.05) is 7.05 Å². The molecule has 1 aliphatic rings. The highest BCUT2D eigenvalue weighted by Crippen LogP contribution is 2.22. The van der Waals surface area contributed by atoms with Crippen molar-refractivity contribution < 1.29 is 8.42 Å². The average Bonchev–Trinajstić information content (AvgIpc) is 2.83. The molecule has 7 heteroatoms. The Hall–Kier alpha value is -2.15. The molecule has 1 unspecified atom stereocenters. The summed E-state index contributed by atoms with van der Waals surface area (Å²) in [5.74, 6) is -0.381. The quantitative estimate of drug-likeness (QED) is 0.440. The van der Waals surface area contributed by atoms with Crippen molar-refractivity contribution >= 4 is 27.5 Å². The Balaban J connectivity index is 2.49. The molecule has 1 aromatic rings. The molecule has 1 atom stereocenters. The Morgan fingerprint density at radius 2 is 2.06 bits per heavy atom. The van der Waals surface area contributed by atoms with Crippen LogP contribution in [0.1, 0.15) is 11.5 Å². The van der Waals surface area contributed by atoms with E-state index in [2.05, 4.69) is 10.1 Å². The van der Waals surface area contributed by atoms with E-state index in [1.807, 2.05) is 30.3 Å². The van der Waals surface area contributed by atoms with E-state index in [0.29, 0.717) is 0 Å². The lowest BCUT2D eigenvalue weighted by molar-refractivity contribution is 0.618. The van der Waals surface area contributed by atoms with Crippen LogP contribution in [0.15, 0.2) is 40.4 Å². The van der Waals surface area contributed by atoms with Crippen LogP contribution < -0.4 is 5.73 Å². The van der Waals surface area contributed by atoms with Gasteiger partial charge >= 0.3 is 0 Å². The molecule has 1 aromatic carbocycles. The van der Waals surface area contributed by atoms with Crippen LogP contribution >= 0.6 is 0 Å². The molecule has 18 heavy (non-hydrogen) atoms. The van der Waals surface area contributed by atoms with Gasteiger partial charge in [-0.05, 0) is 5.56 Å². The summed E-state index contributed by atoms with van der Waals surface area (Å²) in [5, 5.41) is 5.13. The standard InChI is InChI=1S/C11H12N4O2S/c1-13-11(12)15-10(18(16)17)9(7-14-15)8-5-3-2-4-6-8/h2-7,9H,1H3,(H2,12,13). The van der Waals surface area contributed by atoms with Gasteiger partial charge in [-0.1, -0.05) is 30.3 Å². The first kappa shape index (κ1) is 12.3. The number of benzene rings is 1. The zero-order chi connectivity index (χ0) is 13.1. The van der Waals surface area contributed by atoms with Crippen LogP contribution in [0.5, 0.6) is 0 Å². The summed E-state index contributed by atoms with van der Waals surface area (Å²) in [5.41, 5.74) is 6.45. The van der Waals surface area contributed by atoms with Crippen LogP contribution in [0.2, 0.25) is 0 Å². The Morgan fingerprint density at radius 3 is 2.61 bits per heavy atom. The summed E-state index contributed by atoms with van der Waals surface area (Å²) in [6.45, 7) is 0. The molecule has 2 N–H and O–H groups in total. The fourth-order valence-electron chi connectivity index (χ4n) is 1.72. The minimum Gasteiger partial charge on any atom is -0.368 e. The maximum atomic E-state index is 11.3. The molecule has 94 valence electrons. The molecule has 0 saturated carbocycles. The van der Waals surface area contributed by atoms with Gasteiger partial charge in [0.2, 0.25) is 16.3 Å². The molecule has 0 bridgehead atoms. The van der Waals surface area contributed by atoms with Crippen LogP contribution in [-0.2, 0) is 10.3 Å². The maximum Gasteiger partial charge on any atom is 0.237 e. The molecule has 1 heterocycles. The second kappa shape index (κ2) is 5.01. The van der Waals surface area contributed by atoms with Crippen molar-refractivity contribution in [3.8, 4) is 0 Å². The first-order valence-corrected chi connectivity index (χ1v) is 6.30. The summed E-state index contributed by atoms with van der Waals surface area (Å²) < 4.78 is 22.7. The molecule has 0 saturated heterocycles. The number of hydrogen-bond acceptors (Lipinski definition) is 4. The molecule has 0 radical (unpaired) electrons. The average molecular weight is 264 g/mol. The van der Waals surface area contributed by atoms with Gasteiger partial charge in [0, 0.05) is 13.3 Å². The van der Waals surface area contributed by atoms with E-state index in [1.165, 1.54) is 7.05 Å². The van der Waals surface area contributed by atoms with Gasteiger partial charge in [0.05, 0.1) is 5.92 Å². The Morgan fingerprint density at radius 1 is 1.39 bits per heavy atom. The molecule has 1 aliphatic heterocycles. The monoisotopic (exact) mass is 264 g/mol. The maximum absolute atomic E-state index is 11.3. The summed E-state index contributed by atoms with van der Waals surface area (Å²) in [4.78, 5) is 3.83. The molecular formula is C11H12N4O2S. The Labute approximate surface area is 106 Å². The van der Waals surface area contributed by atoms with Crippen LogP contribution in [0, 0.1) is 0 Å². The fourth-order valence-corrected chi connectivity index (χ4v) is 2.40. The van der Waals surface area contributed by atoms with E-state index in [4.69, 9.17) is 5.73 Å². The SMILES string of the molecule is CN=C(N)N1N=CC(c2ccccc2)C1=S(=O)=O. The lowest BCUT2D eigenvalue weighted by atomic mass is 10.0. The number of nitrogens with zero attached hydrogens (tertiary/aromatic N) is 3. The molecule has 0 aliphatic carbocycles. The summed E-state index contributed by atoms with van der Waals surface area (Å²) >= 11 is 0. The van der Waals surface area contributed by atoms with Gasteiger partial charge in [-0.25, -0.2) is 0 Å². The van der Waals surface area contributed by atoms with Crippen molar-refractivity contribution in [2.24, 2.45) is 15.8 Å². The highest BCUT2D eigenvalue weighted by atomic mass is 32.2. The summed E-state index contributed by atoms with van der Waals surface area (Å²) in [6.07, 6.45) is 1.54. The van der Waals surface area contributed by atoms with Gasteiger partial charge in [0.15, 0.2) is 4.99 Å². The van der Waals surface area contributed by atoms with Crippen LogP contribution in [0.3, 0.4) is 0 Å². The van der Waals surface area contributed by atoms with Crippen molar-refractivity contribution in [1.29, 1.82) is 0 Å². The Kier molecular flexibility index (Phi) is 3.42. The van der Waals surface area contributed by atoms with Gasteiger partial charge in [-0.15, -0.1) is 0 Å². The number of hydrogen-bond donors (Lipinski definition) is 1. The number of nitrogens with two attached hydrogens (primary N) is 1. The van der Waals surface area contributed by atoms with Crippen LogP contribution in [-0.4, -0.2) is 37.6 Å². The molecule has 0 spiro atoms. The van der Waals surface area contributed by atoms with Gasteiger partial charge in [0.25, 0.3) is 0 Å². The largest absolute Gasteiger partial charge is 0.368 e. The highest BCUT2D eigenvalue weighted by molar-refractivity contribution is 7.73. The first-order chi connectivity index (χ1) is 8.65. The van der Waals surface area contributed by atoms with Crippen molar-refractivity contribution in [3.63, 3.8) is 0 Å². The fraction of sp³-hybridized carbons (Fsp3) is 0.182. The molecule has 0 fully saturated rings. The van der Waals surface area contributed by atoms with Gasteiger partial charge in [0.1, 0.15) is 0 Å². The predicted octanol–water partition coefficient (Wildman–Crippen LogP) is 0.0251. The van der Waals surface area contributed by atoms with Crippen molar-refractivity contribution in [2.45, 2.75) is 5.92 Å². The molecule has 2 rings (SSSR count). The number of guanidine groups is 1. The normalized spacial score (nSPS) is 19.4. The summed E-state index contributed by atoms with van der Waals surface area (Å²) in [7, 11) is -0.939. The molecule has 0 amide bonds. The molecular weight excluding hydrogens is 252 g/mol. The topological polar surface area (TPSA) is 88.1 Å². The number of hydrazone groups is 1. The highest BCUT2D eigenvalue weighted by Gasteiger charge is 2.31. The zero-order valence-electron chi connectivity index (χ0n) is 9.69. The van der Waals surface area contributed by atoms with Gasteiger partial charge < -0.3 is 5.73 Å². The summed E-state index contributed by atoms with van der Waals surface area (Å²) in [6, 6.07) is 9.23. The van der Waals surface area contributed by atoms with E-state index >= 15 is 0 Å². The third kappa shape index (κ3) is 2.12. The van der Waals surface area contributed by atoms with Crippen molar-refractivity contribution in [1.82, 2.24) is 5.01 Å². The smallest absolute Gasteiger partial charge is 0.237 e. The third-order valence-electron chi connectivity index (χ3n) is 2.58. The molecule has 6 nitrogen and oxygen atoms in total. The minimum absolute atomic E-state index is 0.0453.